The Hall–Kier alpha value is -1.46. The van der Waals surface area contributed by atoms with E-state index in [0.717, 1.165) is 54.8 Å². The molecule has 2 N–H and O–H groups in total. The zero-order valence-corrected chi connectivity index (χ0v) is 14.7. The van der Waals surface area contributed by atoms with Crippen LogP contribution < -0.4 is 15.4 Å². The first-order valence-electron chi connectivity index (χ1n) is 8.11. The van der Waals surface area contributed by atoms with Gasteiger partial charge in [-0.1, -0.05) is 17.7 Å². The number of hydrogen-bond acceptors (Lipinski definition) is 3. The zero-order valence-electron chi connectivity index (χ0n) is 13.9. The molecule has 0 bridgehead atoms. The van der Waals surface area contributed by atoms with Gasteiger partial charge < -0.3 is 20.1 Å². The third-order valence-corrected chi connectivity index (χ3v) is 4.31. The van der Waals surface area contributed by atoms with Crippen LogP contribution in [0.2, 0.25) is 5.02 Å². The van der Waals surface area contributed by atoms with Crippen molar-refractivity contribution in [3.63, 3.8) is 0 Å². The molecule has 0 saturated carbocycles. The predicted molar refractivity (Wildman–Crippen MR) is 94.7 cm³/mol. The second-order valence-corrected chi connectivity index (χ2v) is 5.96. The van der Waals surface area contributed by atoms with E-state index in [1.807, 2.05) is 18.2 Å². The van der Waals surface area contributed by atoms with E-state index in [1.54, 1.807) is 14.2 Å². The Morgan fingerprint density at radius 3 is 2.87 bits per heavy atom. The summed E-state index contributed by atoms with van der Waals surface area (Å²) in [7, 11) is 3.42. The van der Waals surface area contributed by atoms with E-state index < -0.39 is 0 Å². The maximum atomic E-state index is 6.25. The lowest BCUT2D eigenvalue weighted by atomic mass is 10.1. The van der Waals surface area contributed by atoms with Gasteiger partial charge in [0.1, 0.15) is 5.75 Å². The second-order valence-electron chi connectivity index (χ2n) is 5.56. The topological polar surface area (TPSA) is 54.9 Å². The van der Waals surface area contributed by atoms with E-state index >= 15 is 0 Å². The van der Waals surface area contributed by atoms with Crippen molar-refractivity contribution in [3.8, 4) is 5.75 Å². The molecule has 0 spiro atoms. The predicted octanol–water partition coefficient (Wildman–Crippen LogP) is 2.63. The summed E-state index contributed by atoms with van der Waals surface area (Å²) < 4.78 is 10.8. The first-order valence-corrected chi connectivity index (χ1v) is 8.49. The first kappa shape index (κ1) is 17.9. The second kappa shape index (κ2) is 9.63. The standard InChI is InChI=1S/C17H26ClN3O2/c1-19-17(21-10-8-14-4-3-11-23-14)20-9-7-13-5-6-15(22-2)12-16(13)18/h5-6,12,14H,3-4,7-11H2,1-2H3,(H2,19,20,21). The Labute approximate surface area is 143 Å². The van der Waals surface area contributed by atoms with Crippen LogP contribution in [-0.4, -0.2) is 45.9 Å². The average molecular weight is 340 g/mol. The molecule has 6 heteroatoms. The summed E-state index contributed by atoms with van der Waals surface area (Å²) in [4.78, 5) is 4.23. The highest BCUT2D eigenvalue weighted by molar-refractivity contribution is 6.31. The van der Waals surface area contributed by atoms with Crippen LogP contribution in [0.1, 0.15) is 24.8 Å². The first-order chi connectivity index (χ1) is 11.2. The van der Waals surface area contributed by atoms with Crippen LogP contribution in [0.15, 0.2) is 23.2 Å². The van der Waals surface area contributed by atoms with E-state index in [1.165, 1.54) is 12.8 Å². The van der Waals surface area contributed by atoms with Gasteiger partial charge in [0.05, 0.1) is 13.2 Å². The summed E-state index contributed by atoms with van der Waals surface area (Å²) in [6.07, 6.45) is 4.60. The molecule has 0 radical (unpaired) electrons. The van der Waals surface area contributed by atoms with Crippen LogP contribution in [0.3, 0.4) is 0 Å². The smallest absolute Gasteiger partial charge is 0.190 e. The number of hydrogen-bond donors (Lipinski definition) is 2. The lowest BCUT2D eigenvalue weighted by Gasteiger charge is -2.14. The van der Waals surface area contributed by atoms with Gasteiger partial charge in [0, 0.05) is 31.8 Å². The summed E-state index contributed by atoms with van der Waals surface area (Å²) in [6, 6.07) is 5.76. The lowest BCUT2D eigenvalue weighted by molar-refractivity contribution is 0.105. The molecule has 128 valence electrons. The number of halogens is 1. The van der Waals surface area contributed by atoms with Crippen LogP contribution in [0.5, 0.6) is 5.75 Å². The van der Waals surface area contributed by atoms with E-state index in [2.05, 4.69) is 15.6 Å². The van der Waals surface area contributed by atoms with Crippen LogP contribution >= 0.6 is 11.6 Å². The van der Waals surface area contributed by atoms with Crippen molar-refractivity contribution in [1.29, 1.82) is 0 Å². The molecule has 1 aliphatic rings. The van der Waals surface area contributed by atoms with E-state index in [0.29, 0.717) is 6.10 Å². The highest BCUT2D eigenvalue weighted by Crippen LogP contribution is 2.22. The minimum Gasteiger partial charge on any atom is -0.497 e. The summed E-state index contributed by atoms with van der Waals surface area (Å²) in [5, 5.41) is 7.36. The largest absolute Gasteiger partial charge is 0.497 e. The fourth-order valence-electron chi connectivity index (χ4n) is 2.62. The van der Waals surface area contributed by atoms with Gasteiger partial charge in [-0.15, -0.1) is 0 Å². The minimum absolute atomic E-state index is 0.402. The molecule has 1 saturated heterocycles. The number of guanidine groups is 1. The molecule has 5 nitrogen and oxygen atoms in total. The highest BCUT2D eigenvalue weighted by Gasteiger charge is 2.14. The number of methoxy groups -OCH3 is 1. The minimum atomic E-state index is 0.402. The maximum Gasteiger partial charge on any atom is 0.190 e. The van der Waals surface area contributed by atoms with Gasteiger partial charge in [0.15, 0.2) is 5.96 Å². The molecule has 1 fully saturated rings. The van der Waals surface area contributed by atoms with Crippen LogP contribution in [0, 0.1) is 0 Å². The Balaban J connectivity index is 1.68. The number of rotatable bonds is 7. The molecular formula is C17H26ClN3O2. The number of aliphatic imine (C=N–C) groups is 1. The molecule has 1 aliphatic heterocycles. The lowest BCUT2D eigenvalue weighted by Crippen LogP contribution is -2.39. The molecule has 1 aromatic carbocycles. The fraction of sp³-hybridized carbons (Fsp3) is 0.588. The summed E-state index contributed by atoms with van der Waals surface area (Å²) in [6.45, 7) is 2.54. The molecule has 0 aliphatic carbocycles. The summed E-state index contributed by atoms with van der Waals surface area (Å²) in [5.74, 6) is 1.59. The Morgan fingerprint density at radius 2 is 2.22 bits per heavy atom. The van der Waals surface area contributed by atoms with Crippen molar-refractivity contribution in [3.05, 3.63) is 28.8 Å². The fourth-order valence-corrected chi connectivity index (χ4v) is 2.88. The number of benzene rings is 1. The van der Waals surface area contributed by atoms with Gasteiger partial charge in [0.2, 0.25) is 0 Å². The van der Waals surface area contributed by atoms with E-state index in [9.17, 15) is 0 Å². The monoisotopic (exact) mass is 339 g/mol. The molecule has 0 amide bonds. The van der Waals surface area contributed by atoms with Crippen molar-refractivity contribution < 1.29 is 9.47 Å². The van der Waals surface area contributed by atoms with Gasteiger partial charge >= 0.3 is 0 Å². The molecular weight excluding hydrogens is 314 g/mol. The van der Waals surface area contributed by atoms with Crippen LogP contribution in [0.4, 0.5) is 0 Å². The van der Waals surface area contributed by atoms with Gasteiger partial charge in [-0.25, -0.2) is 0 Å². The normalized spacial score (nSPS) is 18.0. The Kier molecular flexibility index (Phi) is 7.49. The molecule has 1 heterocycles. The summed E-state index contributed by atoms with van der Waals surface area (Å²) >= 11 is 6.25. The van der Waals surface area contributed by atoms with Crippen LogP contribution in [-0.2, 0) is 11.2 Å². The number of nitrogens with one attached hydrogen (secondary N) is 2. The molecule has 1 unspecified atom stereocenters. The maximum absolute atomic E-state index is 6.25. The molecule has 0 aromatic heterocycles. The van der Waals surface area contributed by atoms with Crippen molar-refractivity contribution >= 4 is 17.6 Å². The third-order valence-electron chi connectivity index (χ3n) is 3.95. The van der Waals surface area contributed by atoms with Crippen molar-refractivity contribution in [2.45, 2.75) is 31.8 Å². The average Bonchev–Trinajstić information content (AvgIpc) is 3.08. The highest BCUT2D eigenvalue weighted by atomic mass is 35.5. The van der Waals surface area contributed by atoms with Crippen molar-refractivity contribution in [2.75, 3.05) is 33.9 Å². The van der Waals surface area contributed by atoms with Gasteiger partial charge in [-0.05, 0) is 43.4 Å². The van der Waals surface area contributed by atoms with Gasteiger partial charge in [0.25, 0.3) is 0 Å². The molecule has 23 heavy (non-hydrogen) atoms. The van der Waals surface area contributed by atoms with Crippen molar-refractivity contribution in [2.24, 2.45) is 4.99 Å². The van der Waals surface area contributed by atoms with E-state index in [4.69, 9.17) is 21.1 Å². The number of ether oxygens (including phenoxy) is 2. The summed E-state index contributed by atoms with van der Waals surface area (Å²) in [5.41, 5.74) is 1.09. The number of nitrogens with zero attached hydrogens (tertiary/aromatic N) is 1. The quantitative estimate of drug-likeness (QED) is 0.592. The molecule has 1 aromatic rings. The molecule has 1 atom stereocenters. The zero-order chi connectivity index (χ0) is 16.5. The van der Waals surface area contributed by atoms with Gasteiger partial charge in [-0.2, -0.15) is 0 Å². The Bertz CT molecular complexity index is 517. The van der Waals surface area contributed by atoms with Crippen molar-refractivity contribution in [1.82, 2.24) is 10.6 Å². The Morgan fingerprint density at radius 1 is 1.39 bits per heavy atom. The third kappa shape index (κ3) is 5.92. The SMILES string of the molecule is CN=C(NCCc1ccc(OC)cc1Cl)NCCC1CCCO1. The molecule has 2 rings (SSSR count). The van der Waals surface area contributed by atoms with Gasteiger partial charge in [-0.3, -0.25) is 4.99 Å². The van der Waals surface area contributed by atoms with Crippen LogP contribution in [0.25, 0.3) is 0 Å². The van der Waals surface area contributed by atoms with E-state index in [-0.39, 0.29) is 0 Å².